The van der Waals surface area contributed by atoms with Gasteiger partial charge in [0, 0.05) is 55.7 Å². The van der Waals surface area contributed by atoms with Crippen LogP contribution in [0.25, 0.3) is 49.2 Å². The summed E-state index contributed by atoms with van der Waals surface area (Å²) in [5.74, 6) is 0. The summed E-state index contributed by atoms with van der Waals surface area (Å²) in [6.45, 7) is 0.0337. The third kappa shape index (κ3) is 3.60. The predicted octanol–water partition coefficient (Wildman–Crippen LogP) is 10.6. The van der Waals surface area contributed by atoms with Crippen molar-refractivity contribution in [1.82, 2.24) is 4.40 Å². The Kier molecular flexibility index (Phi) is 5.58. The molecule has 0 fully saturated rings. The first-order chi connectivity index (χ1) is 25.8. The fraction of sp³-hybridized carbons (Fsp3) is 0. The summed E-state index contributed by atoms with van der Waals surface area (Å²) in [6, 6.07) is 67.2. The highest BCUT2D eigenvalue weighted by Crippen LogP contribution is 2.46. The maximum Gasteiger partial charge on any atom is 0.252 e. The van der Waals surface area contributed by atoms with E-state index in [9.17, 15) is 0 Å². The molecule has 10 aromatic rings. The number of hydrogen-bond acceptors (Lipinski definition) is 2. The van der Waals surface area contributed by atoms with Crippen molar-refractivity contribution in [3.05, 3.63) is 182 Å². The van der Waals surface area contributed by atoms with Gasteiger partial charge in [-0.05, 0) is 100 Å². The molecule has 2 aliphatic heterocycles. The van der Waals surface area contributed by atoms with Crippen molar-refractivity contribution in [2.45, 2.75) is 0 Å². The van der Waals surface area contributed by atoms with Gasteiger partial charge in [0.05, 0.1) is 16.6 Å². The lowest BCUT2D eigenvalue weighted by atomic mass is 9.32. The monoisotopic (exact) mass is 659 g/mol. The number of benzene rings is 8. The SMILES string of the molecule is c1ccc(N2c3ccccc3B3c4c(-c5cc6c7ccccc7n7c8ccccc8c(c5)c67)cccc4N(c4ccccc4)c4cccc2c43)cc1. The van der Waals surface area contributed by atoms with Gasteiger partial charge in [-0.15, -0.1) is 0 Å². The van der Waals surface area contributed by atoms with Crippen molar-refractivity contribution in [1.29, 1.82) is 0 Å². The Morgan fingerprint density at radius 2 is 0.846 bits per heavy atom. The zero-order valence-corrected chi connectivity index (χ0v) is 28.2. The van der Waals surface area contributed by atoms with E-state index < -0.39 is 0 Å². The van der Waals surface area contributed by atoms with Gasteiger partial charge < -0.3 is 14.2 Å². The summed E-state index contributed by atoms with van der Waals surface area (Å²) < 4.78 is 2.47. The number of fused-ring (bicyclic) bond motifs is 10. The van der Waals surface area contributed by atoms with Crippen LogP contribution >= 0.6 is 0 Å². The average Bonchev–Trinajstić information content (AvgIpc) is 3.73. The number of para-hydroxylation sites is 5. The number of anilines is 6. The van der Waals surface area contributed by atoms with Crippen LogP contribution in [0.5, 0.6) is 0 Å². The van der Waals surface area contributed by atoms with Gasteiger partial charge in [0.1, 0.15) is 0 Å². The zero-order valence-electron chi connectivity index (χ0n) is 28.2. The van der Waals surface area contributed by atoms with Crippen LogP contribution < -0.4 is 26.2 Å². The highest BCUT2D eigenvalue weighted by Gasteiger charge is 2.44. The summed E-state index contributed by atoms with van der Waals surface area (Å²) in [5.41, 5.74) is 17.5. The number of hydrogen-bond donors (Lipinski definition) is 0. The third-order valence-electron chi connectivity index (χ3n) is 11.5. The van der Waals surface area contributed by atoms with Gasteiger partial charge in [0.25, 0.3) is 6.71 Å². The first kappa shape index (κ1) is 28.0. The molecular weight excluding hydrogens is 629 g/mol. The van der Waals surface area contributed by atoms with Crippen LogP contribution in [0.3, 0.4) is 0 Å². The molecule has 0 bridgehead atoms. The Labute approximate surface area is 301 Å². The van der Waals surface area contributed by atoms with E-state index >= 15 is 0 Å². The Bertz CT molecular complexity index is 2940. The highest BCUT2D eigenvalue weighted by molar-refractivity contribution is 7.01. The second-order valence-corrected chi connectivity index (χ2v) is 14.1. The highest BCUT2D eigenvalue weighted by atomic mass is 15.2. The van der Waals surface area contributed by atoms with E-state index in [1.165, 1.54) is 88.4 Å². The van der Waals surface area contributed by atoms with Crippen LogP contribution in [0.1, 0.15) is 0 Å². The smallest absolute Gasteiger partial charge is 0.252 e. The number of nitrogens with zero attached hydrogens (tertiary/aromatic N) is 3. The third-order valence-corrected chi connectivity index (χ3v) is 11.5. The molecule has 0 radical (unpaired) electrons. The van der Waals surface area contributed by atoms with Crippen molar-refractivity contribution in [3.63, 3.8) is 0 Å². The van der Waals surface area contributed by atoms with Gasteiger partial charge in [-0.3, -0.25) is 0 Å². The molecular formula is C48H30BN3. The molecule has 8 aromatic carbocycles. The molecule has 0 spiro atoms. The van der Waals surface area contributed by atoms with E-state index in [0.717, 1.165) is 11.4 Å². The molecule has 0 N–H and O–H groups in total. The predicted molar refractivity (Wildman–Crippen MR) is 221 cm³/mol. The molecule has 0 amide bonds. The van der Waals surface area contributed by atoms with Gasteiger partial charge in [-0.1, -0.05) is 109 Å². The van der Waals surface area contributed by atoms with Crippen LogP contribution in [0, 0.1) is 0 Å². The molecule has 3 nitrogen and oxygen atoms in total. The lowest BCUT2D eigenvalue weighted by Crippen LogP contribution is -2.61. The second-order valence-electron chi connectivity index (χ2n) is 14.1. The minimum absolute atomic E-state index is 0.0337. The van der Waals surface area contributed by atoms with Crippen molar-refractivity contribution >= 4 is 95.3 Å². The van der Waals surface area contributed by atoms with Gasteiger partial charge in [-0.25, -0.2) is 0 Å². The molecule has 2 aliphatic rings. The van der Waals surface area contributed by atoms with Crippen LogP contribution in [0.15, 0.2) is 182 Å². The molecule has 0 saturated carbocycles. The molecule has 2 aromatic heterocycles. The summed E-state index contributed by atoms with van der Waals surface area (Å²) in [6.07, 6.45) is 0. The fourth-order valence-electron chi connectivity index (χ4n) is 9.50. The van der Waals surface area contributed by atoms with E-state index in [1.54, 1.807) is 0 Å². The molecule has 0 unspecified atom stereocenters. The van der Waals surface area contributed by atoms with Crippen molar-refractivity contribution in [3.8, 4) is 11.1 Å². The normalized spacial score (nSPS) is 13.3. The van der Waals surface area contributed by atoms with Gasteiger partial charge >= 0.3 is 0 Å². The van der Waals surface area contributed by atoms with Crippen molar-refractivity contribution in [2.75, 3.05) is 9.80 Å². The first-order valence-corrected chi connectivity index (χ1v) is 18.1. The maximum absolute atomic E-state index is 2.49. The van der Waals surface area contributed by atoms with E-state index in [4.69, 9.17) is 0 Å². The molecule has 12 rings (SSSR count). The first-order valence-electron chi connectivity index (χ1n) is 18.1. The lowest BCUT2D eigenvalue weighted by molar-refractivity contribution is 1.25. The standard InChI is InChI=1S/C48H30BN3/c1-3-15-32(16-4-1)50-42-25-12-9-22-39(42)49-46-34(21-13-26-43(46)51(33-17-5-2-6-18-33)45-28-14-27-44(50)47(45)49)31-29-37-35-19-7-10-23-40(35)52-41-24-11-8-20-36(41)38(30-31)48(37)52/h1-30H. The molecule has 0 saturated heterocycles. The summed E-state index contributed by atoms with van der Waals surface area (Å²) in [7, 11) is 0. The molecule has 4 heteroatoms. The lowest BCUT2D eigenvalue weighted by Gasteiger charge is -2.44. The molecule has 52 heavy (non-hydrogen) atoms. The fourth-order valence-corrected chi connectivity index (χ4v) is 9.50. The van der Waals surface area contributed by atoms with E-state index in [-0.39, 0.29) is 6.71 Å². The molecule has 0 aliphatic carbocycles. The van der Waals surface area contributed by atoms with Gasteiger partial charge in [-0.2, -0.15) is 0 Å². The Morgan fingerprint density at radius 3 is 1.48 bits per heavy atom. The van der Waals surface area contributed by atoms with Crippen LogP contribution in [-0.2, 0) is 0 Å². The van der Waals surface area contributed by atoms with Crippen LogP contribution in [0.2, 0.25) is 0 Å². The summed E-state index contributed by atoms with van der Waals surface area (Å²) in [4.78, 5) is 4.95. The molecule has 4 heterocycles. The minimum Gasteiger partial charge on any atom is -0.311 e. The average molecular weight is 660 g/mol. The van der Waals surface area contributed by atoms with Crippen LogP contribution in [0.4, 0.5) is 34.1 Å². The maximum atomic E-state index is 2.49. The Balaban J connectivity index is 1.21. The number of aromatic nitrogens is 1. The van der Waals surface area contributed by atoms with Crippen molar-refractivity contribution in [2.24, 2.45) is 0 Å². The summed E-state index contributed by atoms with van der Waals surface area (Å²) in [5, 5.41) is 5.18. The summed E-state index contributed by atoms with van der Waals surface area (Å²) >= 11 is 0. The molecule has 0 atom stereocenters. The van der Waals surface area contributed by atoms with Crippen LogP contribution in [-0.4, -0.2) is 11.1 Å². The topological polar surface area (TPSA) is 10.9 Å². The zero-order chi connectivity index (χ0) is 33.9. The molecule has 240 valence electrons. The number of rotatable bonds is 3. The minimum atomic E-state index is 0.0337. The van der Waals surface area contributed by atoms with Gasteiger partial charge in [0.2, 0.25) is 0 Å². The second kappa shape index (κ2) is 10.4. The van der Waals surface area contributed by atoms with E-state index in [2.05, 4.69) is 196 Å². The Morgan fingerprint density at radius 1 is 0.365 bits per heavy atom. The quantitative estimate of drug-likeness (QED) is 0.175. The van der Waals surface area contributed by atoms with Crippen molar-refractivity contribution < 1.29 is 0 Å². The van der Waals surface area contributed by atoms with E-state index in [1.807, 2.05) is 0 Å². The van der Waals surface area contributed by atoms with Gasteiger partial charge in [0.15, 0.2) is 0 Å². The van der Waals surface area contributed by atoms with E-state index in [0.29, 0.717) is 0 Å². The Hall–Kier alpha value is -6.78. The largest absolute Gasteiger partial charge is 0.311 e.